The Morgan fingerprint density at radius 3 is 2.54 bits per heavy atom. The summed E-state index contributed by atoms with van der Waals surface area (Å²) in [6, 6.07) is 4.49. The minimum absolute atomic E-state index is 0.327. The van der Waals surface area contributed by atoms with Crippen LogP contribution in [0.5, 0.6) is 0 Å². The molecule has 0 bridgehead atoms. The molecule has 0 saturated heterocycles. The molecular weight excluding hydrogens is 170 g/mol. The Bertz CT molecular complexity index is 303. The molecule has 0 heterocycles. The average molecular weight is 180 g/mol. The van der Waals surface area contributed by atoms with Gasteiger partial charge < -0.3 is 10.0 Å². The van der Waals surface area contributed by atoms with Crippen molar-refractivity contribution in [3.8, 4) is 0 Å². The molecule has 0 unspecified atom stereocenters. The lowest BCUT2D eigenvalue weighted by molar-refractivity contribution is 0.424. The number of hydrogen-bond donors (Lipinski definition) is 2. The molecule has 0 aliphatic rings. The summed E-state index contributed by atoms with van der Waals surface area (Å²) in [5, 5.41) is 17.1. The molecule has 0 saturated carbocycles. The molecule has 0 aromatic heterocycles. The Labute approximate surface area is 76.5 Å². The molecule has 0 amide bonds. The summed E-state index contributed by atoms with van der Waals surface area (Å²) >= 11 is 0. The lowest BCUT2D eigenvalue weighted by Crippen LogP contribution is -2.05. The average Bonchev–Trinajstić information content (AvgIpc) is 1.99. The smallest absolute Gasteiger partial charge is 0.424 e. The van der Waals surface area contributed by atoms with Crippen LogP contribution in [0.2, 0.25) is 0 Å². The minimum atomic E-state index is -1.50. The van der Waals surface area contributed by atoms with Crippen LogP contribution in [-0.2, 0) is 0 Å². The highest BCUT2D eigenvalue weighted by Crippen LogP contribution is 2.09. The third kappa shape index (κ3) is 3.40. The molecule has 0 aliphatic heterocycles. The maximum Gasteiger partial charge on any atom is 0.480 e. The lowest BCUT2D eigenvalue weighted by atomic mass is 9.90. The fourth-order valence-electron chi connectivity index (χ4n) is 1.06. The summed E-state index contributed by atoms with van der Waals surface area (Å²) in [5.41, 5.74) is 1.41. The van der Waals surface area contributed by atoms with Crippen LogP contribution >= 0.6 is 0 Å². The molecule has 2 N–H and O–H groups in total. The number of halogens is 1. The fourth-order valence-corrected chi connectivity index (χ4v) is 1.06. The Balaban J connectivity index is 2.89. The van der Waals surface area contributed by atoms with E-state index in [0.29, 0.717) is 5.56 Å². The molecule has 0 fully saturated rings. The Kier molecular flexibility index (Phi) is 3.22. The summed E-state index contributed by atoms with van der Waals surface area (Å²) in [4.78, 5) is 0. The van der Waals surface area contributed by atoms with Crippen LogP contribution in [0.1, 0.15) is 11.1 Å². The summed E-state index contributed by atoms with van der Waals surface area (Å²) < 4.78 is 12.8. The predicted molar refractivity (Wildman–Crippen MR) is 50.4 cm³/mol. The molecule has 4 heteroatoms. The first-order chi connectivity index (χ1) is 6.08. The van der Waals surface area contributed by atoms with E-state index in [1.807, 2.05) is 0 Å². The second-order valence-electron chi connectivity index (χ2n) is 2.83. The molecule has 68 valence electrons. The molecule has 1 aromatic rings. The molecule has 0 spiro atoms. The SMILES string of the molecule is Cc1cc(F)cc(/C=C/B(O)O)c1. The van der Waals surface area contributed by atoms with Gasteiger partial charge >= 0.3 is 7.12 Å². The van der Waals surface area contributed by atoms with E-state index in [1.54, 1.807) is 13.0 Å². The van der Waals surface area contributed by atoms with Gasteiger partial charge in [-0.25, -0.2) is 4.39 Å². The first kappa shape index (κ1) is 9.96. The minimum Gasteiger partial charge on any atom is -0.424 e. The van der Waals surface area contributed by atoms with Crippen molar-refractivity contribution in [1.82, 2.24) is 0 Å². The number of rotatable bonds is 2. The third-order valence-electron chi connectivity index (χ3n) is 1.53. The largest absolute Gasteiger partial charge is 0.480 e. The van der Waals surface area contributed by atoms with Gasteiger partial charge in [-0.1, -0.05) is 18.1 Å². The predicted octanol–water partition coefficient (Wildman–Crippen LogP) is 1.16. The van der Waals surface area contributed by atoms with Crippen LogP contribution in [0.3, 0.4) is 0 Å². The first-order valence-corrected chi connectivity index (χ1v) is 3.89. The van der Waals surface area contributed by atoms with Crippen molar-refractivity contribution < 1.29 is 14.4 Å². The van der Waals surface area contributed by atoms with E-state index >= 15 is 0 Å². The summed E-state index contributed by atoms with van der Waals surface area (Å²) in [5.74, 6) is 0.848. The Hall–Kier alpha value is -1.13. The van der Waals surface area contributed by atoms with Gasteiger partial charge in [0.25, 0.3) is 0 Å². The number of hydrogen-bond acceptors (Lipinski definition) is 2. The zero-order valence-electron chi connectivity index (χ0n) is 7.24. The molecule has 1 rings (SSSR count). The van der Waals surface area contributed by atoms with E-state index in [0.717, 1.165) is 5.56 Å². The molecule has 0 radical (unpaired) electrons. The second kappa shape index (κ2) is 4.21. The zero-order valence-corrected chi connectivity index (χ0v) is 7.24. The van der Waals surface area contributed by atoms with Gasteiger partial charge in [0.15, 0.2) is 0 Å². The van der Waals surface area contributed by atoms with Gasteiger partial charge in [-0.2, -0.15) is 0 Å². The third-order valence-corrected chi connectivity index (χ3v) is 1.53. The summed E-state index contributed by atoms with van der Waals surface area (Å²) in [7, 11) is -1.50. The van der Waals surface area contributed by atoms with Gasteiger partial charge in [0, 0.05) is 0 Å². The van der Waals surface area contributed by atoms with Crippen molar-refractivity contribution >= 4 is 13.2 Å². The van der Waals surface area contributed by atoms with Crippen molar-refractivity contribution in [1.29, 1.82) is 0 Å². The monoisotopic (exact) mass is 180 g/mol. The number of benzene rings is 1. The van der Waals surface area contributed by atoms with Crippen LogP contribution in [0, 0.1) is 12.7 Å². The maximum atomic E-state index is 12.8. The van der Waals surface area contributed by atoms with Crippen molar-refractivity contribution in [2.75, 3.05) is 0 Å². The van der Waals surface area contributed by atoms with Gasteiger partial charge in [0.05, 0.1) is 0 Å². The van der Waals surface area contributed by atoms with E-state index in [-0.39, 0.29) is 5.82 Å². The molecule has 2 nitrogen and oxygen atoms in total. The summed E-state index contributed by atoms with van der Waals surface area (Å²) in [6.45, 7) is 1.77. The van der Waals surface area contributed by atoms with Crippen LogP contribution in [0.15, 0.2) is 24.2 Å². The van der Waals surface area contributed by atoms with E-state index in [9.17, 15) is 4.39 Å². The van der Waals surface area contributed by atoms with Crippen LogP contribution < -0.4 is 0 Å². The maximum absolute atomic E-state index is 12.8. The standard InChI is InChI=1S/C9H10BFO2/c1-7-4-8(2-3-10(12)13)6-9(11)5-7/h2-6,12-13H,1H3/b3-2+. The number of aryl methyl sites for hydroxylation is 1. The zero-order chi connectivity index (χ0) is 9.84. The molecule has 13 heavy (non-hydrogen) atoms. The van der Waals surface area contributed by atoms with Gasteiger partial charge in [-0.15, -0.1) is 0 Å². The van der Waals surface area contributed by atoms with E-state index < -0.39 is 7.12 Å². The fraction of sp³-hybridized carbons (Fsp3) is 0.111. The van der Waals surface area contributed by atoms with Gasteiger partial charge in [0.1, 0.15) is 5.82 Å². The summed E-state index contributed by atoms with van der Waals surface area (Å²) in [6.07, 6.45) is 1.46. The van der Waals surface area contributed by atoms with Crippen molar-refractivity contribution in [2.45, 2.75) is 6.92 Å². The first-order valence-electron chi connectivity index (χ1n) is 3.89. The highest BCUT2D eigenvalue weighted by Gasteiger charge is 1.99. The van der Waals surface area contributed by atoms with Crippen LogP contribution in [0.4, 0.5) is 4.39 Å². The van der Waals surface area contributed by atoms with Crippen LogP contribution in [-0.4, -0.2) is 17.2 Å². The highest BCUT2D eigenvalue weighted by molar-refractivity contribution is 6.48. The van der Waals surface area contributed by atoms with Gasteiger partial charge in [-0.3, -0.25) is 0 Å². The van der Waals surface area contributed by atoms with Gasteiger partial charge in [0.2, 0.25) is 0 Å². The molecule has 0 aliphatic carbocycles. The van der Waals surface area contributed by atoms with E-state index in [2.05, 4.69) is 0 Å². The normalized spacial score (nSPS) is 10.8. The Morgan fingerprint density at radius 1 is 1.31 bits per heavy atom. The molecule has 0 atom stereocenters. The second-order valence-corrected chi connectivity index (χ2v) is 2.83. The van der Waals surface area contributed by atoms with E-state index in [1.165, 1.54) is 24.2 Å². The molecule has 1 aromatic carbocycles. The lowest BCUT2D eigenvalue weighted by Gasteiger charge is -1.97. The van der Waals surface area contributed by atoms with Crippen molar-refractivity contribution in [3.05, 3.63) is 41.1 Å². The quantitative estimate of drug-likeness (QED) is 0.670. The van der Waals surface area contributed by atoms with Gasteiger partial charge in [-0.05, 0) is 30.2 Å². The van der Waals surface area contributed by atoms with Crippen LogP contribution in [0.25, 0.3) is 6.08 Å². The van der Waals surface area contributed by atoms with Crippen molar-refractivity contribution in [2.24, 2.45) is 0 Å². The topological polar surface area (TPSA) is 40.5 Å². The van der Waals surface area contributed by atoms with E-state index in [4.69, 9.17) is 10.0 Å². The molecular formula is C9H10BFO2. The highest BCUT2D eigenvalue weighted by atomic mass is 19.1. The van der Waals surface area contributed by atoms with Crippen molar-refractivity contribution in [3.63, 3.8) is 0 Å². The Morgan fingerprint density at radius 2 is 2.00 bits per heavy atom.